The zero-order chi connectivity index (χ0) is 14.0. The summed E-state index contributed by atoms with van der Waals surface area (Å²) in [5, 5.41) is 0. The Balaban J connectivity index is 0.000000357. The van der Waals surface area contributed by atoms with Crippen molar-refractivity contribution >= 4 is 16.9 Å². The highest BCUT2D eigenvalue weighted by Gasteiger charge is 2.11. The van der Waals surface area contributed by atoms with E-state index in [1.165, 1.54) is 31.8 Å². The Morgan fingerprint density at radius 3 is 2.11 bits per heavy atom. The number of carbonyl (C=O) groups is 1. The summed E-state index contributed by atoms with van der Waals surface area (Å²) >= 11 is 0. The molecule has 98 valence electrons. The van der Waals surface area contributed by atoms with E-state index in [1.54, 1.807) is 18.7 Å². The highest BCUT2D eigenvalue weighted by molar-refractivity contribution is 5.72. The van der Waals surface area contributed by atoms with Gasteiger partial charge in [-0.2, -0.15) is 0 Å². The maximum absolute atomic E-state index is 11.7. The van der Waals surface area contributed by atoms with Gasteiger partial charge >= 0.3 is 5.69 Å². The van der Waals surface area contributed by atoms with Gasteiger partial charge in [0, 0.05) is 21.1 Å². The Morgan fingerprint density at radius 1 is 1.11 bits per heavy atom. The summed E-state index contributed by atoms with van der Waals surface area (Å²) < 4.78 is 4.04. The number of hydrogen-bond acceptors (Lipinski definition) is 4. The van der Waals surface area contributed by atoms with Crippen LogP contribution < -0.4 is 11.2 Å². The molecule has 0 aliphatic rings. The molecule has 0 aliphatic heterocycles. The lowest BCUT2D eigenvalue weighted by Crippen LogP contribution is -2.37. The second-order valence-electron chi connectivity index (χ2n) is 4.14. The van der Waals surface area contributed by atoms with Crippen molar-refractivity contribution in [1.82, 2.24) is 18.7 Å². The summed E-state index contributed by atoms with van der Waals surface area (Å²) in [4.78, 5) is 36.6. The van der Waals surface area contributed by atoms with Crippen LogP contribution in [0.3, 0.4) is 0 Å². The number of hydrogen-bond donors (Lipinski definition) is 0. The average molecular weight is 252 g/mol. The second-order valence-corrected chi connectivity index (χ2v) is 4.14. The van der Waals surface area contributed by atoms with Gasteiger partial charge in [0.1, 0.15) is 5.78 Å². The molecule has 0 N–H and O–H groups in total. The molecule has 2 rings (SSSR count). The van der Waals surface area contributed by atoms with Crippen molar-refractivity contribution in [3.05, 3.63) is 27.2 Å². The molecular weight excluding hydrogens is 236 g/mol. The van der Waals surface area contributed by atoms with Gasteiger partial charge in [0.2, 0.25) is 0 Å². The number of aryl methyl sites for hydroxylation is 2. The molecule has 7 nitrogen and oxygen atoms in total. The van der Waals surface area contributed by atoms with Gasteiger partial charge in [-0.25, -0.2) is 9.78 Å². The van der Waals surface area contributed by atoms with E-state index in [4.69, 9.17) is 0 Å². The molecule has 0 spiro atoms. The van der Waals surface area contributed by atoms with Gasteiger partial charge in [-0.15, -0.1) is 0 Å². The highest BCUT2D eigenvalue weighted by atomic mass is 16.2. The Morgan fingerprint density at radius 2 is 1.61 bits per heavy atom. The summed E-state index contributed by atoms with van der Waals surface area (Å²) in [5.41, 5.74) is 0.180. The topological polar surface area (TPSA) is 78.9 Å². The average Bonchev–Trinajstić information content (AvgIpc) is 2.65. The molecule has 2 aromatic heterocycles. The van der Waals surface area contributed by atoms with Gasteiger partial charge in [-0.3, -0.25) is 13.9 Å². The number of ketones is 1. The normalized spacial score (nSPS) is 10.1. The van der Waals surface area contributed by atoms with Crippen molar-refractivity contribution in [2.75, 3.05) is 0 Å². The number of aromatic nitrogens is 4. The predicted octanol–water partition coefficient (Wildman–Crippen LogP) is -0.434. The SMILES string of the molecule is CC(C)=O.Cn1c(=O)c2c(ncn2C)n(C)c1=O. The van der Waals surface area contributed by atoms with Crippen molar-refractivity contribution in [2.24, 2.45) is 21.1 Å². The maximum atomic E-state index is 11.7. The van der Waals surface area contributed by atoms with E-state index in [9.17, 15) is 14.4 Å². The number of Topliss-reactive ketones (excluding diaryl/α,β-unsaturated/α-hetero) is 1. The van der Waals surface area contributed by atoms with Crippen molar-refractivity contribution in [2.45, 2.75) is 13.8 Å². The largest absolute Gasteiger partial charge is 0.332 e. The molecule has 18 heavy (non-hydrogen) atoms. The summed E-state index contributed by atoms with van der Waals surface area (Å²) in [6, 6.07) is 0. The molecule has 2 heterocycles. The summed E-state index contributed by atoms with van der Waals surface area (Å²) in [7, 11) is 4.77. The molecule has 0 saturated carbocycles. The van der Waals surface area contributed by atoms with Gasteiger partial charge in [0.25, 0.3) is 5.56 Å². The van der Waals surface area contributed by atoms with E-state index < -0.39 is 0 Å². The van der Waals surface area contributed by atoms with E-state index in [0.717, 1.165) is 4.57 Å². The first kappa shape index (κ1) is 13.9. The van der Waals surface area contributed by atoms with Gasteiger partial charge in [-0.1, -0.05) is 0 Å². The minimum Gasteiger partial charge on any atom is -0.328 e. The molecule has 0 amide bonds. The van der Waals surface area contributed by atoms with Crippen LogP contribution >= 0.6 is 0 Å². The van der Waals surface area contributed by atoms with Gasteiger partial charge < -0.3 is 9.36 Å². The molecule has 0 bridgehead atoms. The lowest BCUT2D eigenvalue weighted by Gasteiger charge is -2.02. The molecule has 0 radical (unpaired) electrons. The van der Waals surface area contributed by atoms with Crippen molar-refractivity contribution in [3.8, 4) is 0 Å². The number of nitrogens with zero attached hydrogens (tertiary/aromatic N) is 4. The van der Waals surface area contributed by atoms with Crippen LogP contribution in [0.25, 0.3) is 11.2 Å². The first-order chi connectivity index (χ1) is 8.27. The number of fused-ring (bicyclic) bond motifs is 1. The van der Waals surface area contributed by atoms with Gasteiger partial charge in [0.05, 0.1) is 6.33 Å². The van der Waals surface area contributed by atoms with Crippen LogP contribution in [-0.4, -0.2) is 24.5 Å². The molecule has 0 aliphatic carbocycles. The van der Waals surface area contributed by atoms with Crippen molar-refractivity contribution < 1.29 is 4.79 Å². The first-order valence-electron chi connectivity index (χ1n) is 5.31. The minimum absolute atomic E-state index is 0.167. The predicted molar refractivity (Wildman–Crippen MR) is 67.6 cm³/mol. The summed E-state index contributed by atoms with van der Waals surface area (Å²) in [6.45, 7) is 3.06. The van der Waals surface area contributed by atoms with E-state index >= 15 is 0 Å². The van der Waals surface area contributed by atoms with Crippen molar-refractivity contribution in [3.63, 3.8) is 0 Å². The Kier molecular flexibility index (Phi) is 3.85. The van der Waals surface area contributed by atoms with E-state index in [0.29, 0.717) is 11.2 Å². The van der Waals surface area contributed by atoms with Crippen LogP contribution in [0.4, 0.5) is 0 Å². The third kappa shape index (κ3) is 2.39. The van der Waals surface area contributed by atoms with Crippen LogP contribution in [0.15, 0.2) is 15.9 Å². The molecule has 2 aromatic rings. The van der Waals surface area contributed by atoms with Crippen LogP contribution in [-0.2, 0) is 25.9 Å². The fourth-order valence-corrected chi connectivity index (χ4v) is 1.47. The minimum atomic E-state index is -0.360. The number of imidazole rings is 1. The quantitative estimate of drug-likeness (QED) is 0.637. The van der Waals surface area contributed by atoms with E-state index in [2.05, 4.69) is 4.98 Å². The lowest BCUT2D eigenvalue weighted by atomic mass is 10.5. The number of rotatable bonds is 0. The molecule has 0 unspecified atom stereocenters. The molecule has 0 aromatic carbocycles. The Bertz CT molecular complexity index is 701. The Labute approximate surface area is 103 Å². The third-order valence-corrected chi connectivity index (χ3v) is 2.32. The molecular formula is C11H16N4O3. The summed E-state index contributed by atoms with van der Waals surface area (Å²) in [5.74, 6) is 0.167. The highest BCUT2D eigenvalue weighted by Crippen LogP contribution is 2.01. The molecule has 0 saturated heterocycles. The second kappa shape index (κ2) is 4.99. The van der Waals surface area contributed by atoms with Gasteiger partial charge in [0.15, 0.2) is 11.2 Å². The van der Waals surface area contributed by atoms with Crippen LogP contribution in [0.5, 0.6) is 0 Å². The van der Waals surface area contributed by atoms with Crippen LogP contribution in [0.1, 0.15) is 13.8 Å². The molecule has 0 fully saturated rings. The lowest BCUT2D eigenvalue weighted by molar-refractivity contribution is -0.114. The summed E-state index contributed by atoms with van der Waals surface area (Å²) in [6.07, 6.45) is 1.52. The molecule has 0 atom stereocenters. The monoisotopic (exact) mass is 252 g/mol. The third-order valence-electron chi connectivity index (χ3n) is 2.32. The van der Waals surface area contributed by atoms with Crippen LogP contribution in [0.2, 0.25) is 0 Å². The van der Waals surface area contributed by atoms with Gasteiger partial charge in [-0.05, 0) is 13.8 Å². The van der Waals surface area contributed by atoms with E-state index in [-0.39, 0.29) is 17.0 Å². The fourth-order valence-electron chi connectivity index (χ4n) is 1.47. The Hall–Kier alpha value is -2.18. The van der Waals surface area contributed by atoms with Crippen LogP contribution in [0, 0.1) is 0 Å². The standard InChI is InChI=1S/C8H10N4O2.C3H6O/c1-10-4-9-6-5(10)7(13)12(3)8(14)11(6)2;1-3(2)4/h4H,1-3H3;1-2H3. The zero-order valence-corrected chi connectivity index (χ0v) is 11.1. The zero-order valence-electron chi connectivity index (χ0n) is 11.1. The molecule has 7 heteroatoms. The maximum Gasteiger partial charge on any atom is 0.332 e. The first-order valence-corrected chi connectivity index (χ1v) is 5.31. The number of carbonyl (C=O) groups excluding carboxylic acids is 1. The van der Waals surface area contributed by atoms with E-state index in [1.807, 2.05) is 0 Å². The van der Waals surface area contributed by atoms with Crippen molar-refractivity contribution in [1.29, 1.82) is 0 Å². The smallest absolute Gasteiger partial charge is 0.328 e. The fraction of sp³-hybridized carbons (Fsp3) is 0.455.